The number of hydrogen-bond donors (Lipinski definition) is 2. The highest BCUT2D eigenvalue weighted by atomic mass is 16.1. The van der Waals surface area contributed by atoms with Crippen LogP contribution < -0.4 is 10.6 Å². The standard InChI is InChI=1S/C19H24N2O/c1-2-12-20-13-14-21-19(22)15-16-8-10-18(11-9-16)17-6-4-3-5-7-17/h3-11,20H,2,12-15H2,1H3,(H,21,22). The van der Waals surface area contributed by atoms with Crippen molar-refractivity contribution >= 4 is 5.91 Å². The van der Waals surface area contributed by atoms with Crippen molar-refractivity contribution in [2.45, 2.75) is 19.8 Å². The van der Waals surface area contributed by atoms with Gasteiger partial charge in [-0.15, -0.1) is 0 Å². The van der Waals surface area contributed by atoms with Crippen LogP contribution in [0.4, 0.5) is 0 Å². The zero-order valence-corrected chi connectivity index (χ0v) is 13.1. The highest BCUT2D eigenvalue weighted by Gasteiger charge is 2.03. The van der Waals surface area contributed by atoms with Crippen LogP contribution >= 0.6 is 0 Å². The smallest absolute Gasteiger partial charge is 0.224 e. The molecule has 0 saturated heterocycles. The maximum Gasteiger partial charge on any atom is 0.224 e. The summed E-state index contributed by atoms with van der Waals surface area (Å²) >= 11 is 0. The van der Waals surface area contributed by atoms with Crippen molar-refractivity contribution in [3.63, 3.8) is 0 Å². The molecule has 22 heavy (non-hydrogen) atoms. The van der Waals surface area contributed by atoms with Crippen molar-refractivity contribution in [1.82, 2.24) is 10.6 Å². The number of amides is 1. The van der Waals surface area contributed by atoms with E-state index in [2.05, 4.69) is 41.8 Å². The summed E-state index contributed by atoms with van der Waals surface area (Å²) in [5.41, 5.74) is 3.41. The molecule has 116 valence electrons. The third-order valence-electron chi connectivity index (χ3n) is 3.48. The van der Waals surface area contributed by atoms with Crippen LogP contribution in [0.25, 0.3) is 11.1 Å². The minimum Gasteiger partial charge on any atom is -0.355 e. The van der Waals surface area contributed by atoms with E-state index in [1.165, 1.54) is 11.1 Å². The molecule has 0 aliphatic rings. The molecule has 0 saturated carbocycles. The highest BCUT2D eigenvalue weighted by molar-refractivity contribution is 5.78. The fraction of sp³-hybridized carbons (Fsp3) is 0.316. The summed E-state index contributed by atoms with van der Waals surface area (Å²) in [5, 5.41) is 6.20. The van der Waals surface area contributed by atoms with Crippen LogP contribution in [0, 0.1) is 0 Å². The Morgan fingerprint density at radius 3 is 2.23 bits per heavy atom. The van der Waals surface area contributed by atoms with Gasteiger partial charge in [-0.25, -0.2) is 0 Å². The molecule has 2 rings (SSSR count). The zero-order chi connectivity index (χ0) is 15.6. The lowest BCUT2D eigenvalue weighted by atomic mass is 10.0. The van der Waals surface area contributed by atoms with Gasteiger partial charge < -0.3 is 10.6 Å². The number of rotatable bonds is 8. The minimum atomic E-state index is 0.0748. The van der Waals surface area contributed by atoms with E-state index < -0.39 is 0 Å². The quantitative estimate of drug-likeness (QED) is 0.735. The first-order valence-electron chi connectivity index (χ1n) is 7.91. The molecule has 0 radical (unpaired) electrons. The molecule has 2 aromatic carbocycles. The van der Waals surface area contributed by atoms with Gasteiger partial charge >= 0.3 is 0 Å². The van der Waals surface area contributed by atoms with Crippen LogP contribution in [0.5, 0.6) is 0 Å². The third-order valence-corrected chi connectivity index (χ3v) is 3.48. The first kappa shape index (κ1) is 16.2. The SMILES string of the molecule is CCCNCCNC(=O)Cc1ccc(-c2ccccc2)cc1. The van der Waals surface area contributed by atoms with Gasteiger partial charge in [0.2, 0.25) is 5.91 Å². The largest absolute Gasteiger partial charge is 0.355 e. The van der Waals surface area contributed by atoms with E-state index in [0.29, 0.717) is 13.0 Å². The highest BCUT2D eigenvalue weighted by Crippen LogP contribution is 2.19. The Balaban J connectivity index is 1.80. The van der Waals surface area contributed by atoms with Crippen LogP contribution in [-0.2, 0) is 11.2 Å². The average molecular weight is 296 g/mol. The molecule has 0 spiro atoms. The Morgan fingerprint density at radius 1 is 0.864 bits per heavy atom. The minimum absolute atomic E-state index is 0.0748. The number of hydrogen-bond acceptors (Lipinski definition) is 2. The molecule has 0 atom stereocenters. The summed E-state index contributed by atoms with van der Waals surface area (Å²) in [6, 6.07) is 18.4. The van der Waals surface area contributed by atoms with E-state index in [1.807, 2.05) is 30.3 Å². The lowest BCUT2D eigenvalue weighted by Crippen LogP contribution is -2.32. The predicted molar refractivity (Wildman–Crippen MR) is 91.8 cm³/mol. The number of carbonyl (C=O) groups excluding carboxylic acids is 1. The van der Waals surface area contributed by atoms with E-state index in [9.17, 15) is 4.79 Å². The van der Waals surface area contributed by atoms with Gasteiger partial charge in [0.15, 0.2) is 0 Å². The van der Waals surface area contributed by atoms with Gasteiger partial charge in [-0.1, -0.05) is 61.5 Å². The van der Waals surface area contributed by atoms with Crippen LogP contribution in [0.3, 0.4) is 0 Å². The molecule has 3 nitrogen and oxygen atoms in total. The second-order valence-electron chi connectivity index (χ2n) is 5.34. The predicted octanol–water partition coefficient (Wildman–Crippen LogP) is 3.01. The van der Waals surface area contributed by atoms with Crippen molar-refractivity contribution in [2.24, 2.45) is 0 Å². The molecule has 3 heteroatoms. The summed E-state index contributed by atoms with van der Waals surface area (Å²) in [6.45, 7) is 4.63. The Hall–Kier alpha value is -2.13. The van der Waals surface area contributed by atoms with Crippen molar-refractivity contribution < 1.29 is 4.79 Å². The third kappa shape index (κ3) is 5.34. The van der Waals surface area contributed by atoms with Gasteiger partial charge in [0.05, 0.1) is 6.42 Å². The van der Waals surface area contributed by atoms with Gasteiger partial charge in [-0.05, 0) is 29.7 Å². The molecule has 0 aliphatic heterocycles. The zero-order valence-electron chi connectivity index (χ0n) is 13.1. The Bertz CT molecular complexity index is 564. The van der Waals surface area contributed by atoms with Gasteiger partial charge in [0.1, 0.15) is 0 Å². The number of benzene rings is 2. The molecular formula is C19H24N2O. The fourth-order valence-electron chi connectivity index (χ4n) is 2.29. The molecular weight excluding hydrogens is 272 g/mol. The Labute approximate surface area is 132 Å². The summed E-state index contributed by atoms with van der Waals surface area (Å²) < 4.78 is 0. The second kappa shape index (κ2) is 9.00. The van der Waals surface area contributed by atoms with Gasteiger partial charge in [-0.2, -0.15) is 0 Å². The van der Waals surface area contributed by atoms with E-state index in [1.54, 1.807) is 0 Å². The monoisotopic (exact) mass is 296 g/mol. The van der Waals surface area contributed by atoms with Crippen molar-refractivity contribution in [2.75, 3.05) is 19.6 Å². The lowest BCUT2D eigenvalue weighted by molar-refractivity contribution is -0.120. The van der Waals surface area contributed by atoms with Gasteiger partial charge in [0, 0.05) is 13.1 Å². The van der Waals surface area contributed by atoms with Crippen LogP contribution in [0.1, 0.15) is 18.9 Å². The Kier molecular flexibility index (Phi) is 6.65. The maximum absolute atomic E-state index is 11.9. The maximum atomic E-state index is 11.9. The first-order chi connectivity index (χ1) is 10.8. The molecule has 0 bridgehead atoms. The van der Waals surface area contributed by atoms with Crippen LogP contribution in [0.2, 0.25) is 0 Å². The van der Waals surface area contributed by atoms with Crippen molar-refractivity contribution in [3.05, 3.63) is 60.2 Å². The molecule has 0 heterocycles. The number of nitrogens with one attached hydrogen (secondary N) is 2. The van der Waals surface area contributed by atoms with Crippen LogP contribution in [-0.4, -0.2) is 25.5 Å². The van der Waals surface area contributed by atoms with Crippen molar-refractivity contribution in [3.8, 4) is 11.1 Å². The average Bonchev–Trinajstić information content (AvgIpc) is 2.56. The van der Waals surface area contributed by atoms with Crippen LogP contribution in [0.15, 0.2) is 54.6 Å². The van der Waals surface area contributed by atoms with E-state index in [-0.39, 0.29) is 5.91 Å². The molecule has 0 unspecified atom stereocenters. The van der Waals surface area contributed by atoms with E-state index >= 15 is 0 Å². The summed E-state index contributed by atoms with van der Waals surface area (Å²) in [6.07, 6.45) is 1.55. The topological polar surface area (TPSA) is 41.1 Å². The second-order valence-corrected chi connectivity index (χ2v) is 5.34. The summed E-state index contributed by atoms with van der Waals surface area (Å²) in [5.74, 6) is 0.0748. The molecule has 0 aromatic heterocycles. The normalized spacial score (nSPS) is 10.4. The summed E-state index contributed by atoms with van der Waals surface area (Å²) in [7, 11) is 0. The number of carbonyl (C=O) groups is 1. The molecule has 2 aromatic rings. The van der Waals surface area contributed by atoms with Gasteiger partial charge in [0.25, 0.3) is 0 Å². The fourth-order valence-corrected chi connectivity index (χ4v) is 2.29. The van der Waals surface area contributed by atoms with Gasteiger partial charge in [-0.3, -0.25) is 4.79 Å². The first-order valence-corrected chi connectivity index (χ1v) is 7.91. The molecule has 0 aliphatic carbocycles. The van der Waals surface area contributed by atoms with E-state index in [4.69, 9.17) is 0 Å². The van der Waals surface area contributed by atoms with Crippen molar-refractivity contribution in [1.29, 1.82) is 0 Å². The summed E-state index contributed by atoms with van der Waals surface area (Å²) in [4.78, 5) is 11.9. The molecule has 1 amide bonds. The lowest BCUT2D eigenvalue weighted by Gasteiger charge is -2.07. The van der Waals surface area contributed by atoms with E-state index in [0.717, 1.165) is 25.1 Å². The molecule has 2 N–H and O–H groups in total. The molecule has 0 fully saturated rings. The Morgan fingerprint density at radius 2 is 1.55 bits per heavy atom.